The first kappa shape index (κ1) is 16.6. The summed E-state index contributed by atoms with van der Waals surface area (Å²) >= 11 is 1.03. The Hall–Kier alpha value is -1.45. The first-order valence-electron chi connectivity index (χ1n) is 5.67. The van der Waals surface area contributed by atoms with Crippen LogP contribution in [0.4, 0.5) is 0 Å². The van der Waals surface area contributed by atoms with Crippen LogP contribution in [0.2, 0.25) is 0 Å². The molecule has 1 unspecified atom stereocenters. The van der Waals surface area contributed by atoms with Crippen molar-refractivity contribution >= 4 is 33.2 Å². The number of nitrogens with one attached hydrogen (secondary N) is 2. The molecule has 0 aliphatic heterocycles. The highest BCUT2D eigenvalue weighted by Crippen LogP contribution is 2.15. The lowest BCUT2D eigenvalue weighted by atomic mass is 10.1. The third-order valence-corrected chi connectivity index (χ3v) is 5.39. The maximum absolute atomic E-state index is 11.9. The molecule has 0 fully saturated rings. The molecule has 0 spiro atoms. The Morgan fingerprint density at radius 3 is 2.45 bits per heavy atom. The summed E-state index contributed by atoms with van der Waals surface area (Å²) in [5, 5.41) is 12.8. The van der Waals surface area contributed by atoms with Gasteiger partial charge < -0.3 is 10.4 Å². The minimum atomic E-state index is -3.78. The van der Waals surface area contributed by atoms with Crippen molar-refractivity contribution in [1.82, 2.24) is 10.0 Å². The molecule has 0 aromatic carbocycles. The van der Waals surface area contributed by atoms with Crippen molar-refractivity contribution in [3.05, 3.63) is 17.5 Å². The molecule has 3 N–H and O–H groups in total. The molecule has 0 saturated heterocycles. The van der Waals surface area contributed by atoms with Crippen molar-refractivity contribution in [2.45, 2.75) is 36.6 Å². The summed E-state index contributed by atoms with van der Waals surface area (Å²) in [7, 11) is -3.78. The molecule has 0 aliphatic rings. The number of carbonyl (C=O) groups excluding carboxylic acids is 1. The van der Waals surface area contributed by atoms with Crippen molar-refractivity contribution in [2.75, 3.05) is 0 Å². The maximum Gasteiger partial charge on any atom is 0.328 e. The molecular formula is C11H16N2O5S2. The highest BCUT2D eigenvalue weighted by atomic mass is 32.2. The van der Waals surface area contributed by atoms with E-state index in [2.05, 4.69) is 10.0 Å². The van der Waals surface area contributed by atoms with E-state index < -0.39 is 33.5 Å². The van der Waals surface area contributed by atoms with E-state index in [0.29, 0.717) is 0 Å². The van der Waals surface area contributed by atoms with Gasteiger partial charge in [-0.05, 0) is 32.2 Å². The van der Waals surface area contributed by atoms with Gasteiger partial charge in [0.2, 0.25) is 5.91 Å². The molecule has 1 heterocycles. The quantitative estimate of drug-likeness (QED) is 0.702. The third-order valence-electron chi connectivity index (χ3n) is 2.46. The van der Waals surface area contributed by atoms with Crippen molar-refractivity contribution in [2.24, 2.45) is 0 Å². The molecule has 0 saturated carbocycles. The van der Waals surface area contributed by atoms with E-state index in [1.165, 1.54) is 26.8 Å². The summed E-state index contributed by atoms with van der Waals surface area (Å²) in [6.45, 7) is 3.97. The molecule has 1 aromatic heterocycles. The summed E-state index contributed by atoms with van der Waals surface area (Å²) in [6, 6.07) is 1.91. The van der Waals surface area contributed by atoms with Gasteiger partial charge >= 0.3 is 5.97 Å². The lowest BCUT2D eigenvalue weighted by Crippen LogP contribution is -2.55. The van der Waals surface area contributed by atoms with E-state index >= 15 is 0 Å². The molecule has 0 radical (unpaired) electrons. The number of carboxylic acid groups (broad SMARTS) is 1. The number of carbonyl (C=O) groups is 2. The van der Waals surface area contributed by atoms with Gasteiger partial charge in [0.05, 0.1) is 6.04 Å². The zero-order chi connectivity index (χ0) is 15.6. The number of aliphatic carboxylic acids is 1. The molecule has 7 nitrogen and oxygen atoms in total. The van der Waals surface area contributed by atoms with Crippen LogP contribution in [0.25, 0.3) is 0 Å². The van der Waals surface area contributed by atoms with E-state index in [0.717, 1.165) is 11.3 Å². The van der Waals surface area contributed by atoms with E-state index in [1.807, 2.05) is 0 Å². The van der Waals surface area contributed by atoms with E-state index in [1.54, 1.807) is 11.4 Å². The fourth-order valence-electron chi connectivity index (χ4n) is 1.23. The van der Waals surface area contributed by atoms with Crippen molar-refractivity contribution in [1.29, 1.82) is 0 Å². The fraction of sp³-hybridized carbons (Fsp3) is 0.455. The van der Waals surface area contributed by atoms with Crippen LogP contribution in [0, 0.1) is 0 Å². The summed E-state index contributed by atoms with van der Waals surface area (Å²) in [6.07, 6.45) is 0. The topological polar surface area (TPSA) is 113 Å². The molecule has 0 bridgehead atoms. The standard InChI is InChI=1S/C11H16N2O5S2/c1-7(9(14)12-11(2,3)10(15)16)13-20(17,18)8-5-4-6-19-8/h4-7,13H,1-3H3,(H,12,14)(H,15,16). The van der Waals surface area contributed by atoms with Gasteiger partial charge in [0.15, 0.2) is 0 Å². The van der Waals surface area contributed by atoms with Crippen molar-refractivity contribution in [3.8, 4) is 0 Å². The van der Waals surface area contributed by atoms with Crippen LogP contribution in [0.5, 0.6) is 0 Å². The van der Waals surface area contributed by atoms with Crippen LogP contribution in [0.3, 0.4) is 0 Å². The predicted octanol–water partition coefficient (Wildman–Crippen LogP) is 0.394. The number of thiophene rings is 1. The number of rotatable bonds is 6. The Labute approximate surface area is 121 Å². The average molecular weight is 320 g/mol. The Morgan fingerprint density at radius 1 is 1.40 bits per heavy atom. The normalized spacial score (nSPS) is 13.8. The Bertz CT molecular complexity index is 592. The monoisotopic (exact) mass is 320 g/mol. The predicted molar refractivity (Wildman–Crippen MR) is 74.0 cm³/mol. The van der Waals surface area contributed by atoms with E-state index in [4.69, 9.17) is 5.11 Å². The number of sulfonamides is 1. The second-order valence-corrected chi connectivity index (χ2v) is 7.58. The van der Waals surface area contributed by atoms with Gasteiger partial charge in [0.1, 0.15) is 9.75 Å². The fourth-order valence-corrected chi connectivity index (χ4v) is 3.44. The molecular weight excluding hydrogens is 304 g/mol. The van der Waals surface area contributed by atoms with Crippen LogP contribution >= 0.6 is 11.3 Å². The van der Waals surface area contributed by atoms with Gasteiger partial charge in [-0.2, -0.15) is 4.72 Å². The molecule has 1 aromatic rings. The van der Waals surface area contributed by atoms with Crippen LogP contribution in [0.1, 0.15) is 20.8 Å². The van der Waals surface area contributed by atoms with Gasteiger partial charge in [-0.1, -0.05) is 6.07 Å². The smallest absolute Gasteiger partial charge is 0.328 e. The maximum atomic E-state index is 11.9. The van der Waals surface area contributed by atoms with Gasteiger partial charge in [-0.25, -0.2) is 13.2 Å². The van der Waals surface area contributed by atoms with Gasteiger partial charge in [0, 0.05) is 0 Å². The lowest BCUT2D eigenvalue weighted by Gasteiger charge is -2.23. The van der Waals surface area contributed by atoms with Crippen LogP contribution < -0.4 is 10.0 Å². The van der Waals surface area contributed by atoms with Crippen LogP contribution in [-0.2, 0) is 19.6 Å². The molecule has 9 heteroatoms. The lowest BCUT2D eigenvalue weighted by molar-refractivity contribution is -0.146. The number of hydrogen-bond donors (Lipinski definition) is 3. The SMILES string of the molecule is CC(NS(=O)(=O)c1cccs1)C(=O)NC(C)(C)C(=O)O. The minimum absolute atomic E-state index is 0.0923. The molecule has 20 heavy (non-hydrogen) atoms. The molecule has 112 valence electrons. The number of hydrogen-bond acceptors (Lipinski definition) is 5. The Morgan fingerprint density at radius 2 is 2.00 bits per heavy atom. The summed E-state index contributed by atoms with van der Waals surface area (Å²) < 4.78 is 26.1. The van der Waals surface area contributed by atoms with Crippen LogP contribution in [0.15, 0.2) is 21.7 Å². The van der Waals surface area contributed by atoms with Crippen LogP contribution in [-0.4, -0.2) is 37.0 Å². The highest BCUT2D eigenvalue weighted by molar-refractivity contribution is 7.91. The Balaban J connectivity index is 2.75. The molecule has 1 rings (SSSR count). The van der Waals surface area contributed by atoms with Crippen molar-refractivity contribution in [3.63, 3.8) is 0 Å². The largest absolute Gasteiger partial charge is 0.480 e. The van der Waals surface area contributed by atoms with E-state index in [9.17, 15) is 18.0 Å². The minimum Gasteiger partial charge on any atom is -0.480 e. The zero-order valence-corrected chi connectivity index (χ0v) is 12.8. The average Bonchev–Trinajstić information content (AvgIpc) is 2.81. The highest BCUT2D eigenvalue weighted by Gasteiger charge is 2.32. The number of amides is 1. The van der Waals surface area contributed by atoms with Gasteiger partial charge in [-0.3, -0.25) is 4.79 Å². The molecule has 1 atom stereocenters. The summed E-state index contributed by atoms with van der Waals surface area (Å²) in [5.41, 5.74) is -1.47. The molecule has 1 amide bonds. The Kier molecular flexibility index (Phi) is 4.90. The first-order chi connectivity index (χ1) is 9.06. The second-order valence-electron chi connectivity index (χ2n) is 4.69. The summed E-state index contributed by atoms with van der Waals surface area (Å²) in [5.74, 6) is -1.92. The third kappa shape index (κ3) is 4.02. The first-order valence-corrected chi connectivity index (χ1v) is 8.04. The second kappa shape index (κ2) is 5.90. The van der Waals surface area contributed by atoms with Crippen molar-refractivity contribution < 1.29 is 23.1 Å². The zero-order valence-electron chi connectivity index (χ0n) is 11.2. The van der Waals surface area contributed by atoms with Gasteiger partial charge in [-0.15, -0.1) is 11.3 Å². The van der Waals surface area contributed by atoms with Gasteiger partial charge in [0.25, 0.3) is 10.0 Å². The van der Waals surface area contributed by atoms with E-state index in [-0.39, 0.29) is 4.21 Å². The molecule has 0 aliphatic carbocycles. The number of carboxylic acids is 1. The summed E-state index contributed by atoms with van der Waals surface area (Å²) in [4.78, 5) is 22.7.